The third-order valence-electron chi connectivity index (χ3n) is 6.12. The zero-order valence-corrected chi connectivity index (χ0v) is 17.6. The topological polar surface area (TPSA) is 72.9 Å². The van der Waals surface area contributed by atoms with Gasteiger partial charge in [-0.05, 0) is 57.1 Å². The Balaban J connectivity index is 0.00000131. The number of benzene rings is 1. The summed E-state index contributed by atoms with van der Waals surface area (Å²) in [4.78, 5) is 17.4. The van der Waals surface area contributed by atoms with Crippen LogP contribution < -0.4 is 11.1 Å². The van der Waals surface area contributed by atoms with Gasteiger partial charge in [0.15, 0.2) is 0 Å². The Labute approximate surface area is 173 Å². The van der Waals surface area contributed by atoms with Gasteiger partial charge >= 0.3 is 0 Å². The molecule has 4 rings (SSSR count). The van der Waals surface area contributed by atoms with E-state index in [9.17, 15) is 4.79 Å². The summed E-state index contributed by atoms with van der Waals surface area (Å²) in [7, 11) is 0. The van der Waals surface area contributed by atoms with Crippen LogP contribution >= 0.6 is 24.8 Å². The molecule has 150 valence electrons. The molecule has 1 amide bonds. The van der Waals surface area contributed by atoms with E-state index in [-0.39, 0.29) is 42.7 Å². The Kier molecular flexibility index (Phi) is 7.17. The number of carbonyl (C=O) groups excluding carboxylic acids is 1. The molecule has 0 radical (unpaired) electrons. The van der Waals surface area contributed by atoms with Crippen molar-refractivity contribution in [1.82, 2.24) is 14.9 Å². The fourth-order valence-corrected chi connectivity index (χ4v) is 4.99. The lowest BCUT2D eigenvalue weighted by Crippen LogP contribution is -2.45. The third-order valence-corrected chi connectivity index (χ3v) is 6.12. The molecule has 5 nitrogen and oxygen atoms in total. The SMILES string of the molecule is CC(C)n1c(CCNC(=O)C2C3CCC(C3)C2N)nc2ccccc21.Cl.Cl. The number of carbonyl (C=O) groups is 1. The van der Waals surface area contributed by atoms with Gasteiger partial charge in [0.25, 0.3) is 0 Å². The molecular weight excluding hydrogens is 383 g/mol. The predicted molar refractivity (Wildman–Crippen MR) is 114 cm³/mol. The van der Waals surface area contributed by atoms with Crippen LogP contribution in [0.3, 0.4) is 0 Å². The summed E-state index contributed by atoms with van der Waals surface area (Å²) in [5.74, 6) is 2.26. The van der Waals surface area contributed by atoms with Crippen molar-refractivity contribution in [1.29, 1.82) is 0 Å². The van der Waals surface area contributed by atoms with Crippen molar-refractivity contribution in [3.8, 4) is 0 Å². The number of nitrogens with zero attached hydrogens (tertiary/aromatic N) is 2. The van der Waals surface area contributed by atoms with Crippen molar-refractivity contribution in [3.63, 3.8) is 0 Å². The molecule has 2 aliphatic carbocycles. The van der Waals surface area contributed by atoms with Gasteiger partial charge in [-0.25, -0.2) is 4.98 Å². The van der Waals surface area contributed by atoms with E-state index < -0.39 is 0 Å². The quantitative estimate of drug-likeness (QED) is 0.788. The molecule has 2 bridgehead atoms. The van der Waals surface area contributed by atoms with Gasteiger partial charge in [0, 0.05) is 25.0 Å². The molecule has 0 spiro atoms. The van der Waals surface area contributed by atoms with Crippen molar-refractivity contribution < 1.29 is 4.79 Å². The number of para-hydroxylation sites is 2. The van der Waals surface area contributed by atoms with E-state index in [1.165, 1.54) is 12.8 Å². The van der Waals surface area contributed by atoms with Crippen LogP contribution in [0.4, 0.5) is 0 Å². The lowest BCUT2D eigenvalue weighted by Gasteiger charge is -2.27. The number of aromatic nitrogens is 2. The van der Waals surface area contributed by atoms with Gasteiger partial charge in [0.05, 0.1) is 17.0 Å². The normalized spacial score (nSPS) is 26.1. The Hall–Kier alpha value is -1.30. The fourth-order valence-electron chi connectivity index (χ4n) is 4.99. The van der Waals surface area contributed by atoms with Crippen LogP contribution in [0.1, 0.15) is 45.0 Å². The van der Waals surface area contributed by atoms with E-state index in [0.29, 0.717) is 24.4 Å². The number of fused-ring (bicyclic) bond motifs is 3. The van der Waals surface area contributed by atoms with E-state index in [0.717, 1.165) is 29.7 Å². The van der Waals surface area contributed by atoms with Crippen molar-refractivity contribution in [2.75, 3.05) is 6.54 Å². The average Bonchev–Trinajstić information content (AvgIpc) is 3.26. The molecule has 2 saturated carbocycles. The molecule has 4 unspecified atom stereocenters. The third kappa shape index (κ3) is 3.96. The lowest BCUT2D eigenvalue weighted by molar-refractivity contribution is -0.127. The van der Waals surface area contributed by atoms with E-state index in [4.69, 9.17) is 10.7 Å². The zero-order chi connectivity index (χ0) is 17.6. The van der Waals surface area contributed by atoms with Crippen LogP contribution in [0.25, 0.3) is 11.0 Å². The number of hydrogen-bond donors (Lipinski definition) is 2. The molecule has 1 aromatic heterocycles. The largest absolute Gasteiger partial charge is 0.355 e. The lowest BCUT2D eigenvalue weighted by atomic mass is 9.84. The van der Waals surface area contributed by atoms with Crippen molar-refractivity contribution in [2.45, 2.75) is 51.6 Å². The average molecular weight is 413 g/mol. The standard InChI is InChI=1S/C20H28N4O.2ClH/c1-12(2)24-16-6-4-3-5-15(16)23-17(24)9-10-22-20(25)18-13-7-8-14(11-13)19(18)21;;/h3-6,12-14,18-19H,7-11,21H2,1-2H3,(H,22,25);2*1H. The molecule has 3 N–H and O–H groups in total. The fraction of sp³-hybridized carbons (Fsp3) is 0.600. The van der Waals surface area contributed by atoms with Crippen molar-refractivity contribution in [2.24, 2.45) is 23.5 Å². The molecule has 2 aromatic rings. The number of nitrogens with two attached hydrogens (primary N) is 1. The highest BCUT2D eigenvalue weighted by Crippen LogP contribution is 2.47. The number of amides is 1. The van der Waals surface area contributed by atoms with Crippen LogP contribution in [0.5, 0.6) is 0 Å². The molecule has 27 heavy (non-hydrogen) atoms. The van der Waals surface area contributed by atoms with E-state index in [2.05, 4.69) is 29.8 Å². The number of nitrogens with one attached hydrogen (secondary N) is 1. The number of hydrogen-bond acceptors (Lipinski definition) is 3. The first-order valence-corrected chi connectivity index (χ1v) is 9.55. The smallest absolute Gasteiger partial charge is 0.224 e. The highest BCUT2D eigenvalue weighted by atomic mass is 35.5. The van der Waals surface area contributed by atoms with Crippen LogP contribution in [-0.4, -0.2) is 28.0 Å². The Bertz CT molecular complexity index is 789. The van der Waals surface area contributed by atoms with Crippen LogP contribution in [-0.2, 0) is 11.2 Å². The maximum Gasteiger partial charge on any atom is 0.224 e. The number of imidazole rings is 1. The number of halogens is 2. The van der Waals surface area contributed by atoms with E-state index >= 15 is 0 Å². The molecule has 1 aromatic carbocycles. The molecule has 1 heterocycles. The molecule has 2 aliphatic rings. The summed E-state index contributed by atoms with van der Waals surface area (Å²) >= 11 is 0. The second kappa shape index (κ2) is 8.80. The summed E-state index contributed by atoms with van der Waals surface area (Å²) in [6.07, 6.45) is 4.25. The minimum absolute atomic E-state index is 0. The maximum absolute atomic E-state index is 12.6. The van der Waals surface area contributed by atoms with E-state index in [1.807, 2.05) is 18.2 Å². The van der Waals surface area contributed by atoms with Gasteiger partial charge in [-0.1, -0.05) is 12.1 Å². The summed E-state index contributed by atoms with van der Waals surface area (Å²) in [6.45, 7) is 4.96. The first-order chi connectivity index (χ1) is 12.1. The summed E-state index contributed by atoms with van der Waals surface area (Å²) in [6, 6.07) is 8.62. The summed E-state index contributed by atoms with van der Waals surface area (Å²) < 4.78 is 2.27. The maximum atomic E-state index is 12.6. The van der Waals surface area contributed by atoms with Crippen LogP contribution in [0.2, 0.25) is 0 Å². The summed E-state index contributed by atoms with van der Waals surface area (Å²) in [5, 5.41) is 3.13. The Morgan fingerprint density at radius 1 is 1.26 bits per heavy atom. The first kappa shape index (κ1) is 22.0. The van der Waals surface area contributed by atoms with Gasteiger partial charge in [0.2, 0.25) is 5.91 Å². The Morgan fingerprint density at radius 3 is 2.63 bits per heavy atom. The van der Waals surface area contributed by atoms with Gasteiger partial charge in [0.1, 0.15) is 5.82 Å². The highest BCUT2D eigenvalue weighted by Gasteiger charge is 2.48. The molecular formula is C20H30Cl2N4O. The molecule has 7 heteroatoms. The highest BCUT2D eigenvalue weighted by molar-refractivity contribution is 5.85. The monoisotopic (exact) mass is 412 g/mol. The minimum atomic E-state index is 0. The van der Waals surface area contributed by atoms with Gasteiger partial charge < -0.3 is 15.6 Å². The van der Waals surface area contributed by atoms with Crippen LogP contribution in [0, 0.1) is 17.8 Å². The van der Waals surface area contributed by atoms with Crippen LogP contribution in [0.15, 0.2) is 24.3 Å². The molecule has 0 saturated heterocycles. The zero-order valence-electron chi connectivity index (χ0n) is 15.9. The molecule has 2 fully saturated rings. The number of rotatable bonds is 5. The van der Waals surface area contributed by atoms with E-state index in [1.54, 1.807) is 0 Å². The second-order valence-corrected chi connectivity index (χ2v) is 7.96. The van der Waals surface area contributed by atoms with Gasteiger partial charge in [-0.15, -0.1) is 24.8 Å². The molecule has 4 atom stereocenters. The predicted octanol–water partition coefficient (Wildman–Crippen LogP) is 3.49. The van der Waals surface area contributed by atoms with Gasteiger partial charge in [-0.2, -0.15) is 0 Å². The second-order valence-electron chi connectivity index (χ2n) is 7.96. The Morgan fingerprint density at radius 2 is 1.96 bits per heavy atom. The molecule has 0 aliphatic heterocycles. The summed E-state index contributed by atoms with van der Waals surface area (Å²) in [5.41, 5.74) is 8.47. The van der Waals surface area contributed by atoms with Crippen molar-refractivity contribution >= 4 is 41.8 Å². The van der Waals surface area contributed by atoms with Crippen molar-refractivity contribution in [3.05, 3.63) is 30.1 Å². The van der Waals surface area contributed by atoms with Gasteiger partial charge in [-0.3, -0.25) is 4.79 Å². The first-order valence-electron chi connectivity index (χ1n) is 9.55. The minimum Gasteiger partial charge on any atom is -0.355 e.